The van der Waals surface area contributed by atoms with Gasteiger partial charge >= 0.3 is 6.09 Å². The summed E-state index contributed by atoms with van der Waals surface area (Å²) >= 11 is 5.94. The lowest BCUT2D eigenvalue weighted by Gasteiger charge is -2.34. The van der Waals surface area contributed by atoms with Crippen LogP contribution in [-0.4, -0.2) is 47.2 Å². The second-order valence-electron chi connectivity index (χ2n) is 6.09. The summed E-state index contributed by atoms with van der Waals surface area (Å²) in [7, 11) is 0. The van der Waals surface area contributed by atoms with Gasteiger partial charge in [0.25, 0.3) is 0 Å². The van der Waals surface area contributed by atoms with Crippen molar-refractivity contribution in [1.82, 2.24) is 9.80 Å². The molecule has 1 N–H and O–H groups in total. The summed E-state index contributed by atoms with van der Waals surface area (Å²) in [6.45, 7) is 3.87. The van der Waals surface area contributed by atoms with Crippen molar-refractivity contribution in [1.29, 1.82) is 0 Å². The average molecular weight is 361 g/mol. The van der Waals surface area contributed by atoms with Crippen LogP contribution in [0.3, 0.4) is 0 Å². The third-order valence-electron chi connectivity index (χ3n) is 4.25. The van der Waals surface area contributed by atoms with Crippen molar-refractivity contribution in [3.05, 3.63) is 64.7 Å². The van der Waals surface area contributed by atoms with Crippen LogP contribution in [0, 0.1) is 0 Å². The molecule has 132 valence electrons. The lowest BCUT2D eigenvalue weighted by Crippen LogP contribution is -2.48. The molecule has 0 radical (unpaired) electrons. The molecule has 0 saturated carbocycles. The fourth-order valence-electron chi connectivity index (χ4n) is 2.81. The summed E-state index contributed by atoms with van der Waals surface area (Å²) in [6, 6.07) is 14.9. The molecule has 1 fully saturated rings. The molecular weight excluding hydrogens is 340 g/mol. The first-order chi connectivity index (χ1) is 12.1. The second-order valence-corrected chi connectivity index (χ2v) is 6.50. The minimum Gasteiger partial charge on any atom is -0.506 e. The van der Waals surface area contributed by atoms with Gasteiger partial charge in [0.2, 0.25) is 0 Å². The van der Waals surface area contributed by atoms with Crippen molar-refractivity contribution in [3.63, 3.8) is 0 Å². The van der Waals surface area contributed by atoms with E-state index in [1.54, 1.807) is 17.0 Å². The summed E-state index contributed by atoms with van der Waals surface area (Å²) in [5.41, 5.74) is 2.03. The van der Waals surface area contributed by atoms with Crippen molar-refractivity contribution < 1.29 is 14.6 Å². The van der Waals surface area contributed by atoms with Gasteiger partial charge in [0.1, 0.15) is 12.4 Å². The smallest absolute Gasteiger partial charge is 0.410 e. The van der Waals surface area contributed by atoms with Gasteiger partial charge in [-0.2, -0.15) is 0 Å². The van der Waals surface area contributed by atoms with Crippen LogP contribution >= 0.6 is 11.6 Å². The minimum absolute atomic E-state index is 0.0939. The Balaban J connectivity index is 1.44. The Hall–Kier alpha value is -2.24. The highest BCUT2D eigenvalue weighted by atomic mass is 35.5. The average Bonchev–Trinajstić information content (AvgIpc) is 2.64. The molecule has 0 spiro atoms. The van der Waals surface area contributed by atoms with Gasteiger partial charge in [-0.3, -0.25) is 4.90 Å². The second kappa shape index (κ2) is 8.23. The van der Waals surface area contributed by atoms with E-state index in [1.165, 1.54) is 0 Å². The topological polar surface area (TPSA) is 53.0 Å². The van der Waals surface area contributed by atoms with Gasteiger partial charge in [-0.15, -0.1) is 0 Å². The number of hydrogen-bond donors (Lipinski definition) is 1. The zero-order valence-corrected chi connectivity index (χ0v) is 14.7. The summed E-state index contributed by atoms with van der Waals surface area (Å²) in [4.78, 5) is 16.2. The number of piperazine rings is 1. The van der Waals surface area contributed by atoms with E-state index in [1.807, 2.05) is 36.4 Å². The summed E-state index contributed by atoms with van der Waals surface area (Å²) < 4.78 is 5.37. The number of amides is 1. The third kappa shape index (κ3) is 4.87. The molecule has 0 atom stereocenters. The van der Waals surface area contributed by atoms with E-state index in [4.69, 9.17) is 16.3 Å². The molecule has 0 aromatic heterocycles. The Bertz CT molecular complexity index is 716. The Morgan fingerprint density at radius 2 is 1.76 bits per heavy atom. The van der Waals surface area contributed by atoms with E-state index in [-0.39, 0.29) is 11.8 Å². The molecule has 0 aliphatic carbocycles. The molecule has 3 rings (SSSR count). The zero-order valence-electron chi connectivity index (χ0n) is 13.9. The molecule has 5 nitrogen and oxygen atoms in total. The summed E-state index contributed by atoms with van der Waals surface area (Å²) in [5, 5.41) is 9.84. The van der Waals surface area contributed by atoms with Crippen LogP contribution in [0.25, 0.3) is 0 Å². The predicted octanol–water partition coefficient (Wildman–Crippen LogP) is 3.50. The Morgan fingerprint density at radius 1 is 1.04 bits per heavy atom. The lowest BCUT2D eigenvalue weighted by atomic mass is 10.2. The van der Waals surface area contributed by atoms with Crippen LogP contribution in [0.5, 0.6) is 5.75 Å². The van der Waals surface area contributed by atoms with E-state index in [9.17, 15) is 9.90 Å². The van der Waals surface area contributed by atoms with Crippen molar-refractivity contribution in [2.24, 2.45) is 0 Å². The minimum atomic E-state index is -0.267. The van der Waals surface area contributed by atoms with Crippen LogP contribution < -0.4 is 0 Å². The van der Waals surface area contributed by atoms with Gasteiger partial charge in [-0.05, 0) is 23.3 Å². The molecule has 1 saturated heterocycles. The highest BCUT2D eigenvalue weighted by Gasteiger charge is 2.22. The van der Waals surface area contributed by atoms with Crippen LogP contribution in [0.4, 0.5) is 4.79 Å². The van der Waals surface area contributed by atoms with Gasteiger partial charge in [0.15, 0.2) is 0 Å². The first-order valence-corrected chi connectivity index (χ1v) is 8.65. The monoisotopic (exact) mass is 360 g/mol. The molecule has 1 amide bonds. The van der Waals surface area contributed by atoms with E-state index in [0.29, 0.717) is 24.7 Å². The lowest BCUT2D eigenvalue weighted by molar-refractivity contribution is 0.0700. The SMILES string of the molecule is O=C(OCc1ccccc1)N1CCN(Cc2ccc(O)c(Cl)c2)CC1. The van der Waals surface area contributed by atoms with E-state index in [0.717, 1.165) is 30.8 Å². The number of rotatable bonds is 4. The van der Waals surface area contributed by atoms with Gasteiger partial charge in [0.05, 0.1) is 5.02 Å². The van der Waals surface area contributed by atoms with E-state index >= 15 is 0 Å². The van der Waals surface area contributed by atoms with Crippen molar-refractivity contribution >= 4 is 17.7 Å². The fourth-order valence-corrected chi connectivity index (χ4v) is 3.01. The number of halogens is 1. The van der Waals surface area contributed by atoms with Gasteiger partial charge in [-0.1, -0.05) is 48.0 Å². The Morgan fingerprint density at radius 3 is 2.44 bits per heavy atom. The van der Waals surface area contributed by atoms with Crippen LogP contribution in [0.15, 0.2) is 48.5 Å². The number of carbonyl (C=O) groups excluding carboxylic acids is 1. The quantitative estimate of drug-likeness (QED) is 0.906. The van der Waals surface area contributed by atoms with Crippen LogP contribution in [-0.2, 0) is 17.9 Å². The number of ether oxygens (including phenoxy) is 1. The van der Waals surface area contributed by atoms with Crippen molar-refractivity contribution in [3.8, 4) is 5.75 Å². The van der Waals surface area contributed by atoms with E-state index < -0.39 is 0 Å². The van der Waals surface area contributed by atoms with Gasteiger partial charge in [-0.25, -0.2) is 4.79 Å². The molecule has 25 heavy (non-hydrogen) atoms. The molecule has 1 heterocycles. The first kappa shape index (κ1) is 17.6. The fraction of sp³-hybridized carbons (Fsp3) is 0.316. The number of phenols is 1. The normalized spacial score (nSPS) is 15.2. The van der Waals surface area contributed by atoms with Crippen molar-refractivity contribution in [2.75, 3.05) is 26.2 Å². The molecule has 0 bridgehead atoms. The number of hydrogen-bond acceptors (Lipinski definition) is 4. The Kier molecular flexibility index (Phi) is 5.79. The van der Waals surface area contributed by atoms with E-state index in [2.05, 4.69) is 4.90 Å². The standard InChI is InChI=1S/C19H21ClN2O3/c20-17-12-16(6-7-18(17)23)13-21-8-10-22(11-9-21)19(24)25-14-15-4-2-1-3-5-15/h1-7,12,23H,8-11,13-14H2. The molecule has 6 heteroatoms. The highest BCUT2D eigenvalue weighted by Crippen LogP contribution is 2.24. The molecule has 2 aromatic carbocycles. The number of carbonyl (C=O) groups is 1. The maximum atomic E-state index is 12.2. The highest BCUT2D eigenvalue weighted by molar-refractivity contribution is 6.32. The molecule has 0 unspecified atom stereocenters. The Labute approximate surface area is 152 Å². The van der Waals surface area contributed by atoms with Crippen molar-refractivity contribution in [2.45, 2.75) is 13.2 Å². The van der Waals surface area contributed by atoms with Crippen LogP contribution in [0.2, 0.25) is 5.02 Å². The summed E-state index contributed by atoms with van der Waals surface area (Å²) in [5.74, 6) is 0.0939. The number of benzene rings is 2. The number of phenolic OH excluding ortho intramolecular Hbond substituents is 1. The maximum Gasteiger partial charge on any atom is 0.410 e. The largest absolute Gasteiger partial charge is 0.506 e. The summed E-state index contributed by atoms with van der Waals surface area (Å²) in [6.07, 6.45) is -0.267. The number of aromatic hydroxyl groups is 1. The molecule has 1 aliphatic rings. The predicted molar refractivity (Wildman–Crippen MR) is 96.6 cm³/mol. The maximum absolute atomic E-state index is 12.2. The van der Waals surface area contributed by atoms with Gasteiger partial charge < -0.3 is 14.7 Å². The molecule has 1 aliphatic heterocycles. The van der Waals surface area contributed by atoms with Crippen LogP contribution in [0.1, 0.15) is 11.1 Å². The zero-order chi connectivity index (χ0) is 17.6. The van der Waals surface area contributed by atoms with Gasteiger partial charge in [0, 0.05) is 32.7 Å². The first-order valence-electron chi connectivity index (χ1n) is 8.27. The molecule has 2 aromatic rings. The number of nitrogens with zero attached hydrogens (tertiary/aromatic N) is 2. The molecular formula is C19H21ClN2O3. The third-order valence-corrected chi connectivity index (χ3v) is 4.56.